The summed E-state index contributed by atoms with van der Waals surface area (Å²) in [6, 6.07) is 7.23. The highest BCUT2D eigenvalue weighted by atomic mass is 16.5. The van der Waals surface area contributed by atoms with E-state index >= 15 is 0 Å². The second-order valence-electron chi connectivity index (χ2n) is 6.35. The minimum absolute atomic E-state index is 0.212. The molecule has 1 N–H and O–H groups in total. The quantitative estimate of drug-likeness (QED) is 0.822. The standard InChI is InChI=1S/C18H30N2O/c1-5-15(4)19-13-16-8-9-17(20-10-6-7-11-20)18(12-16)21-14(2)3/h8-9,12,14-15,19H,5-7,10-11,13H2,1-4H3. The van der Waals surface area contributed by atoms with Crippen LogP contribution in [0.25, 0.3) is 0 Å². The minimum Gasteiger partial charge on any atom is -0.489 e. The van der Waals surface area contributed by atoms with Crippen molar-refractivity contribution in [3.05, 3.63) is 23.8 Å². The fraction of sp³-hybridized carbons (Fsp3) is 0.667. The van der Waals surface area contributed by atoms with Gasteiger partial charge in [-0.15, -0.1) is 0 Å². The Labute approximate surface area is 129 Å². The van der Waals surface area contributed by atoms with Crippen LogP contribution in [0.3, 0.4) is 0 Å². The third-order valence-corrected chi connectivity index (χ3v) is 4.10. The molecule has 3 nitrogen and oxygen atoms in total. The van der Waals surface area contributed by atoms with E-state index in [2.05, 4.69) is 56.1 Å². The Kier molecular flexibility index (Phi) is 5.92. The van der Waals surface area contributed by atoms with Crippen LogP contribution in [0, 0.1) is 0 Å². The van der Waals surface area contributed by atoms with Crippen LogP contribution >= 0.6 is 0 Å². The van der Waals surface area contributed by atoms with Crippen molar-refractivity contribution in [3.8, 4) is 5.75 Å². The monoisotopic (exact) mass is 290 g/mol. The van der Waals surface area contributed by atoms with E-state index < -0.39 is 0 Å². The number of rotatable bonds is 7. The van der Waals surface area contributed by atoms with Gasteiger partial charge in [-0.05, 0) is 57.7 Å². The molecule has 1 unspecified atom stereocenters. The molecular formula is C18H30N2O. The van der Waals surface area contributed by atoms with Gasteiger partial charge in [0.15, 0.2) is 0 Å². The van der Waals surface area contributed by atoms with Gasteiger partial charge < -0.3 is 15.0 Å². The summed E-state index contributed by atoms with van der Waals surface area (Å²) in [6.45, 7) is 11.8. The molecule has 1 aromatic rings. The largest absolute Gasteiger partial charge is 0.489 e. The number of nitrogens with zero attached hydrogens (tertiary/aromatic N) is 1. The van der Waals surface area contributed by atoms with E-state index in [1.807, 2.05) is 0 Å². The Balaban J connectivity index is 2.13. The topological polar surface area (TPSA) is 24.5 Å². The molecule has 0 amide bonds. The van der Waals surface area contributed by atoms with Crippen molar-refractivity contribution in [2.75, 3.05) is 18.0 Å². The highest BCUT2D eigenvalue weighted by molar-refractivity contribution is 5.60. The summed E-state index contributed by atoms with van der Waals surface area (Å²) in [7, 11) is 0. The summed E-state index contributed by atoms with van der Waals surface area (Å²) in [5.41, 5.74) is 2.56. The van der Waals surface area contributed by atoms with E-state index in [0.717, 1.165) is 31.8 Å². The van der Waals surface area contributed by atoms with Crippen LogP contribution in [0.2, 0.25) is 0 Å². The number of hydrogen-bond donors (Lipinski definition) is 1. The molecule has 0 radical (unpaired) electrons. The molecule has 1 aliphatic rings. The third-order valence-electron chi connectivity index (χ3n) is 4.10. The Morgan fingerprint density at radius 3 is 2.52 bits per heavy atom. The minimum atomic E-state index is 0.212. The summed E-state index contributed by atoms with van der Waals surface area (Å²) in [5.74, 6) is 1.04. The number of ether oxygens (including phenoxy) is 1. The summed E-state index contributed by atoms with van der Waals surface area (Å²) in [5, 5.41) is 3.55. The lowest BCUT2D eigenvalue weighted by Gasteiger charge is -2.23. The normalized spacial score (nSPS) is 16.5. The molecule has 0 bridgehead atoms. The highest BCUT2D eigenvalue weighted by Crippen LogP contribution is 2.32. The van der Waals surface area contributed by atoms with Crippen LogP contribution in [0.5, 0.6) is 5.75 Å². The molecule has 2 rings (SSSR count). The van der Waals surface area contributed by atoms with Crippen molar-refractivity contribution >= 4 is 5.69 Å². The zero-order valence-electron chi connectivity index (χ0n) is 14.0. The highest BCUT2D eigenvalue weighted by Gasteiger charge is 2.17. The zero-order chi connectivity index (χ0) is 15.2. The van der Waals surface area contributed by atoms with Crippen LogP contribution in [-0.2, 0) is 6.54 Å². The molecule has 0 saturated carbocycles. The van der Waals surface area contributed by atoms with Gasteiger partial charge in [-0.25, -0.2) is 0 Å². The van der Waals surface area contributed by atoms with Crippen molar-refractivity contribution < 1.29 is 4.74 Å². The van der Waals surface area contributed by atoms with Crippen molar-refractivity contribution in [1.29, 1.82) is 0 Å². The van der Waals surface area contributed by atoms with Gasteiger partial charge in [-0.3, -0.25) is 0 Å². The number of hydrogen-bond acceptors (Lipinski definition) is 3. The summed E-state index contributed by atoms with van der Waals surface area (Å²) in [4.78, 5) is 2.45. The molecular weight excluding hydrogens is 260 g/mol. The van der Waals surface area contributed by atoms with E-state index in [0.29, 0.717) is 6.04 Å². The fourth-order valence-corrected chi connectivity index (χ4v) is 2.67. The van der Waals surface area contributed by atoms with Crippen LogP contribution < -0.4 is 15.0 Å². The number of anilines is 1. The average Bonchev–Trinajstić information content (AvgIpc) is 2.98. The van der Waals surface area contributed by atoms with Crippen molar-refractivity contribution in [1.82, 2.24) is 5.32 Å². The van der Waals surface area contributed by atoms with E-state index in [9.17, 15) is 0 Å². The lowest BCUT2D eigenvalue weighted by Crippen LogP contribution is -2.24. The predicted molar refractivity (Wildman–Crippen MR) is 90.2 cm³/mol. The van der Waals surface area contributed by atoms with Crippen LogP contribution in [-0.4, -0.2) is 25.2 Å². The van der Waals surface area contributed by atoms with Gasteiger partial charge in [0.25, 0.3) is 0 Å². The molecule has 3 heteroatoms. The second kappa shape index (κ2) is 7.69. The average molecular weight is 290 g/mol. The first-order chi connectivity index (χ1) is 10.1. The third kappa shape index (κ3) is 4.63. The Morgan fingerprint density at radius 2 is 1.90 bits per heavy atom. The van der Waals surface area contributed by atoms with E-state index in [-0.39, 0.29) is 6.10 Å². The smallest absolute Gasteiger partial charge is 0.143 e. The van der Waals surface area contributed by atoms with E-state index in [4.69, 9.17) is 4.74 Å². The van der Waals surface area contributed by atoms with Gasteiger partial charge in [0.2, 0.25) is 0 Å². The van der Waals surface area contributed by atoms with Gasteiger partial charge in [0.1, 0.15) is 5.75 Å². The maximum absolute atomic E-state index is 6.06. The lowest BCUT2D eigenvalue weighted by molar-refractivity contribution is 0.242. The first kappa shape index (κ1) is 16.2. The molecule has 1 heterocycles. The first-order valence-corrected chi connectivity index (χ1v) is 8.38. The Hall–Kier alpha value is -1.22. The van der Waals surface area contributed by atoms with Crippen molar-refractivity contribution in [2.24, 2.45) is 0 Å². The van der Waals surface area contributed by atoms with Gasteiger partial charge in [-0.1, -0.05) is 13.0 Å². The van der Waals surface area contributed by atoms with Gasteiger partial charge >= 0.3 is 0 Å². The molecule has 0 aromatic heterocycles. The van der Waals surface area contributed by atoms with Crippen LogP contribution in [0.15, 0.2) is 18.2 Å². The molecule has 118 valence electrons. The summed E-state index contributed by atoms with van der Waals surface area (Å²) >= 11 is 0. The first-order valence-electron chi connectivity index (χ1n) is 8.38. The fourth-order valence-electron chi connectivity index (χ4n) is 2.67. The molecule has 0 aliphatic carbocycles. The van der Waals surface area contributed by atoms with Gasteiger partial charge in [0.05, 0.1) is 11.8 Å². The number of benzene rings is 1. The Bertz CT molecular complexity index is 439. The SMILES string of the molecule is CCC(C)NCc1ccc(N2CCCC2)c(OC(C)C)c1. The van der Waals surface area contributed by atoms with Gasteiger partial charge in [-0.2, -0.15) is 0 Å². The predicted octanol–water partition coefficient (Wildman–Crippen LogP) is 3.96. The molecule has 1 aliphatic heterocycles. The van der Waals surface area contributed by atoms with Crippen LogP contribution in [0.4, 0.5) is 5.69 Å². The molecule has 0 spiro atoms. The zero-order valence-corrected chi connectivity index (χ0v) is 14.0. The molecule has 1 saturated heterocycles. The molecule has 1 atom stereocenters. The number of nitrogens with one attached hydrogen (secondary N) is 1. The van der Waals surface area contributed by atoms with E-state index in [1.54, 1.807) is 0 Å². The molecule has 1 fully saturated rings. The maximum Gasteiger partial charge on any atom is 0.143 e. The molecule has 21 heavy (non-hydrogen) atoms. The van der Waals surface area contributed by atoms with Gasteiger partial charge in [0, 0.05) is 25.7 Å². The summed E-state index contributed by atoms with van der Waals surface area (Å²) in [6.07, 6.45) is 3.95. The summed E-state index contributed by atoms with van der Waals surface area (Å²) < 4.78 is 6.06. The van der Waals surface area contributed by atoms with Crippen LogP contribution in [0.1, 0.15) is 52.5 Å². The maximum atomic E-state index is 6.06. The van der Waals surface area contributed by atoms with E-state index in [1.165, 1.54) is 24.1 Å². The van der Waals surface area contributed by atoms with Crippen molar-refractivity contribution in [3.63, 3.8) is 0 Å². The second-order valence-corrected chi connectivity index (χ2v) is 6.35. The molecule has 1 aromatic carbocycles. The lowest BCUT2D eigenvalue weighted by atomic mass is 10.1. The van der Waals surface area contributed by atoms with Crippen molar-refractivity contribution in [2.45, 2.75) is 65.6 Å². The Morgan fingerprint density at radius 1 is 1.19 bits per heavy atom.